The fourth-order valence-electron chi connectivity index (χ4n) is 3.09. The second-order valence-electron chi connectivity index (χ2n) is 6.40. The zero-order valence-corrected chi connectivity index (χ0v) is 14.2. The van der Waals surface area contributed by atoms with E-state index in [2.05, 4.69) is 10.6 Å². The maximum atomic E-state index is 12.3. The molecule has 1 fully saturated rings. The summed E-state index contributed by atoms with van der Waals surface area (Å²) >= 11 is 0. The highest BCUT2D eigenvalue weighted by Gasteiger charge is 2.27. The molecule has 0 spiro atoms. The second-order valence-corrected chi connectivity index (χ2v) is 6.40. The highest BCUT2D eigenvalue weighted by atomic mass is 16.6. The first-order valence-corrected chi connectivity index (χ1v) is 8.48. The lowest BCUT2D eigenvalue weighted by atomic mass is 9.84. The monoisotopic (exact) mass is 348 g/mol. The van der Waals surface area contributed by atoms with Gasteiger partial charge in [-0.3, -0.25) is 19.7 Å². The molecule has 3 unspecified atom stereocenters. The van der Waals surface area contributed by atoms with Gasteiger partial charge in [-0.2, -0.15) is 0 Å². The number of nitro benzene ring substituents is 1. The number of carbonyl (C=O) groups excluding carboxylic acids is 2. The average Bonchev–Trinajstić information content (AvgIpc) is 2.62. The van der Waals surface area contributed by atoms with Crippen molar-refractivity contribution in [2.75, 3.05) is 6.54 Å². The van der Waals surface area contributed by atoms with Crippen LogP contribution in [0.5, 0.6) is 0 Å². The van der Waals surface area contributed by atoms with Crippen LogP contribution in [-0.4, -0.2) is 35.4 Å². The molecule has 0 radical (unpaired) electrons. The van der Waals surface area contributed by atoms with Crippen molar-refractivity contribution in [3.05, 3.63) is 39.9 Å². The molecule has 0 saturated heterocycles. The summed E-state index contributed by atoms with van der Waals surface area (Å²) in [5.74, 6) is -0.535. The van der Waals surface area contributed by atoms with Crippen molar-refractivity contribution in [3.63, 3.8) is 0 Å². The van der Waals surface area contributed by atoms with Gasteiger partial charge in [0.2, 0.25) is 5.91 Å². The van der Waals surface area contributed by atoms with Crippen LogP contribution in [0.4, 0.5) is 5.69 Å². The Morgan fingerprint density at radius 2 is 2.08 bits per heavy atom. The summed E-state index contributed by atoms with van der Waals surface area (Å²) in [7, 11) is 0. The van der Waals surface area contributed by atoms with Crippen LogP contribution in [0.25, 0.3) is 0 Å². The van der Waals surface area contributed by atoms with Gasteiger partial charge < -0.3 is 16.4 Å². The van der Waals surface area contributed by atoms with E-state index in [1.165, 1.54) is 24.3 Å². The van der Waals surface area contributed by atoms with Crippen LogP contribution in [0.1, 0.15) is 43.0 Å². The van der Waals surface area contributed by atoms with E-state index in [1.807, 2.05) is 0 Å². The molecule has 2 rings (SSSR count). The van der Waals surface area contributed by atoms with Crippen LogP contribution in [-0.2, 0) is 4.79 Å². The quantitative estimate of drug-likeness (QED) is 0.528. The molecule has 1 saturated carbocycles. The fraction of sp³-hybridized carbons (Fsp3) is 0.529. The minimum absolute atomic E-state index is 0.0309. The number of carbonyl (C=O) groups is 2. The minimum Gasteiger partial charge on any atom is -0.351 e. The third-order valence-electron chi connectivity index (χ3n) is 4.60. The van der Waals surface area contributed by atoms with Gasteiger partial charge in [0.05, 0.1) is 4.92 Å². The first-order valence-electron chi connectivity index (χ1n) is 8.48. The minimum atomic E-state index is -0.743. The number of nitro groups is 1. The lowest BCUT2D eigenvalue weighted by molar-refractivity contribution is -0.384. The van der Waals surface area contributed by atoms with Crippen LogP contribution in [0, 0.1) is 16.0 Å². The Balaban J connectivity index is 1.95. The van der Waals surface area contributed by atoms with E-state index >= 15 is 0 Å². The highest BCUT2D eigenvalue weighted by Crippen LogP contribution is 2.23. The van der Waals surface area contributed by atoms with E-state index in [1.54, 1.807) is 6.92 Å². The Labute approximate surface area is 146 Å². The van der Waals surface area contributed by atoms with Crippen molar-refractivity contribution < 1.29 is 14.5 Å². The number of hydrogen-bond donors (Lipinski definition) is 3. The molecule has 8 heteroatoms. The van der Waals surface area contributed by atoms with E-state index < -0.39 is 16.9 Å². The van der Waals surface area contributed by atoms with Gasteiger partial charge in [0.1, 0.15) is 6.04 Å². The summed E-state index contributed by atoms with van der Waals surface area (Å²) in [6.07, 6.45) is 4.05. The molecule has 4 N–H and O–H groups in total. The Hall–Kier alpha value is -2.48. The molecule has 0 bridgehead atoms. The third-order valence-corrected chi connectivity index (χ3v) is 4.60. The molecule has 0 aromatic heterocycles. The smallest absolute Gasteiger partial charge is 0.270 e. The van der Waals surface area contributed by atoms with Gasteiger partial charge in [0, 0.05) is 23.7 Å². The molecular formula is C17H24N4O4. The Kier molecular flexibility index (Phi) is 6.46. The van der Waals surface area contributed by atoms with Crippen molar-refractivity contribution in [2.24, 2.45) is 11.7 Å². The van der Waals surface area contributed by atoms with Crippen LogP contribution >= 0.6 is 0 Å². The van der Waals surface area contributed by atoms with Crippen molar-refractivity contribution in [3.8, 4) is 0 Å². The number of benzene rings is 1. The Morgan fingerprint density at radius 1 is 1.36 bits per heavy atom. The van der Waals surface area contributed by atoms with Crippen LogP contribution in [0.2, 0.25) is 0 Å². The molecule has 1 aromatic carbocycles. The Morgan fingerprint density at radius 3 is 2.76 bits per heavy atom. The van der Waals surface area contributed by atoms with Gasteiger partial charge in [0.25, 0.3) is 11.6 Å². The molecule has 0 heterocycles. The molecule has 136 valence electrons. The van der Waals surface area contributed by atoms with Gasteiger partial charge in [-0.25, -0.2) is 0 Å². The summed E-state index contributed by atoms with van der Waals surface area (Å²) in [6, 6.07) is 4.69. The molecule has 1 aromatic rings. The van der Waals surface area contributed by atoms with Crippen molar-refractivity contribution in [1.82, 2.24) is 10.6 Å². The number of amides is 2. The average molecular weight is 348 g/mol. The van der Waals surface area contributed by atoms with E-state index in [0.29, 0.717) is 6.54 Å². The van der Waals surface area contributed by atoms with Crippen LogP contribution < -0.4 is 16.4 Å². The Bertz CT molecular complexity index is 649. The van der Waals surface area contributed by atoms with Gasteiger partial charge in [-0.15, -0.1) is 0 Å². The molecule has 0 aliphatic heterocycles. The summed E-state index contributed by atoms with van der Waals surface area (Å²) < 4.78 is 0. The molecule has 8 nitrogen and oxygen atoms in total. The standard InChI is InChI=1S/C17H24N4O4/c1-11(16(22)20-15-8-3-2-5-13(15)10-18)19-17(23)12-6-4-7-14(9-12)21(24)25/h4,6-7,9,11,13,15H,2-3,5,8,10,18H2,1H3,(H,19,23)(H,20,22). The molecule has 3 atom stereocenters. The summed E-state index contributed by atoms with van der Waals surface area (Å²) in [5.41, 5.74) is 5.74. The summed E-state index contributed by atoms with van der Waals surface area (Å²) in [5, 5.41) is 16.3. The number of nitrogens with two attached hydrogens (primary N) is 1. The number of nitrogens with one attached hydrogen (secondary N) is 2. The largest absolute Gasteiger partial charge is 0.351 e. The van der Waals surface area contributed by atoms with E-state index in [4.69, 9.17) is 5.73 Å². The maximum absolute atomic E-state index is 12.3. The van der Waals surface area contributed by atoms with Crippen LogP contribution in [0.15, 0.2) is 24.3 Å². The number of hydrogen-bond acceptors (Lipinski definition) is 5. The van der Waals surface area contributed by atoms with E-state index in [9.17, 15) is 19.7 Å². The lowest BCUT2D eigenvalue weighted by Crippen LogP contribution is -2.51. The highest BCUT2D eigenvalue weighted by molar-refractivity contribution is 5.97. The predicted molar refractivity (Wildman–Crippen MR) is 93.0 cm³/mol. The van der Waals surface area contributed by atoms with Gasteiger partial charge in [-0.1, -0.05) is 18.9 Å². The zero-order chi connectivity index (χ0) is 18.4. The van der Waals surface area contributed by atoms with Crippen molar-refractivity contribution in [2.45, 2.75) is 44.7 Å². The molecular weight excluding hydrogens is 324 g/mol. The number of nitrogens with zero attached hydrogens (tertiary/aromatic N) is 1. The first kappa shape index (κ1) is 18.9. The normalized spacial score (nSPS) is 21.2. The summed E-state index contributed by atoms with van der Waals surface area (Å²) in [4.78, 5) is 34.8. The maximum Gasteiger partial charge on any atom is 0.270 e. The topological polar surface area (TPSA) is 127 Å². The van der Waals surface area contributed by atoms with E-state index in [0.717, 1.165) is 25.7 Å². The molecule has 1 aliphatic carbocycles. The zero-order valence-electron chi connectivity index (χ0n) is 14.2. The van der Waals surface area contributed by atoms with Crippen molar-refractivity contribution >= 4 is 17.5 Å². The second kappa shape index (κ2) is 8.57. The van der Waals surface area contributed by atoms with E-state index in [-0.39, 0.29) is 29.1 Å². The predicted octanol–water partition coefficient (Wildman–Crippen LogP) is 1.35. The first-order chi connectivity index (χ1) is 11.9. The van der Waals surface area contributed by atoms with Gasteiger partial charge in [0.15, 0.2) is 0 Å². The third kappa shape index (κ3) is 4.99. The molecule has 25 heavy (non-hydrogen) atoms. The SMILES string of the molecule is CC(NC(=O)c1cccc([N+](=O)[O-])c1)C(=O)NC1CCCCC1CN. The molecule has 2 amide bonds. The van der Waals surface area contributed by atoms with Crippen molar-refractivity contribution in [1.29, 1.82) is 0 Å². The van der Waals surface area contributed by atoms with Gasteiger partial charge >= 0.3 is 0 Å². The van der Waals surface area contributed by atoms with Crippen LogP contribution in [0.3, 0.4) is 0 Å². The fourth-order valence-corrected chi connectivity index (χ4v) is 3.09. The number of rotatable bonds is 6. The summed E-state index contributed by atoms with van der Waals surface area (Å²) in [6.45, 7) is 2.12. The lowest BCUT2D eigenvalue weighted by Gasteiger charge is -2.32. The van der Waals surface area contributed by atoms with Gasteiger partial charge in [-0.05, 0) is 38.3 Å². The molecule has 1 aliphatic rings. The number of non-ortho nitro benzene ring substituents is 1.